The lowest BCUT2D eigenvalue weighted by Crippen LogP contribution is -2.47. The minimum atomic E-state index is -0.884. The monoisotopic (exact) mass is 458 g/mol. The number of ether oxygens (including phenoxy) is 1. The largest absolute Gasteiger partial charge is 0.497 e. The molecule has 1 aliphatic carbocycles. The van der Waals surface area contributed by atoms with E-state index in [2.05, 4.69) is 15.3 Å². The Kier molecular flexibility index (Phi) is 7.52. The van der Waals surface area contributed by atoms with Gasteiger partial charge in [0.2, 0.25) is 5.91 Å². The highest BCUT2D eigenvalue weighted by Gasteiger charge is 2.35. The summed E-state index contributed by atoms with van der Waals surface area (Å²) in [6.45, 7) is 1.98. The van der Waals surface area contributed by atoms with Crippen LogP contribution in [0.5, 0.6) is 5.75 Å². The number of carbonyl (C=O) groups excluding carboxylic acids is 2. The van der Waals surface area contributed by atoms with Gasteiger partial charge in [0.25, 0.3) is 5.91 Å². The van der Waals surface area contributed by atoms with Crippen molar-refractivity contribution in [3.05, 3.63) is 83.9 Å². The third-order valence-corrected chi connectivity index (χ3v) is 6.20. The first-order valence-electron chi connectivity index (χ1n) is 11.7. The van der Waals surface area contributed by atoms with Crippen molar-refractivity contribution in [3.8, 4) is 5.75 Å². The highest BCUT2D eigenvalue weighted by Crippen LogP contribution is 2.31. The molecule has 176 valence electrons. The van der Waals surface area contributed by atoms with Gasteiger partial charge in [-0.05, 0) is 49.6 Å². The van der Waals surface area contributed by atoms with Crippen molar-refractivity contribution in [1.29, 1.82) is 0 Å². The molecular formula is C27H30N4O3. The Morgan fingerprint density at radius 2 is 1.71 bits per heavy atom. The molecule has 1 fully saturated rings. The number of hydrogen-bond acceptors (Lipinski definition) is 5. The normalized spacial score (nSPS) is 14.8. The van der Waals surface area contributed by atoms with Crippen molar-refractivity contribution in [1.82, 2.24) is 15.3 Å². The molecule has 2 aromatic carbocycles. The maximum Gasteiger partial charge on any atom is 0.279 e. The molecule has 0 saturated heterocycles. The zero-order valence-corrected chi connectivity index (χ0v) is 19.6. The van der Waals surface area contributed by atoms with E-state index in [-0.39, 0.29) is 17.6 Å². The third-order valence-electron chi connectivity index (χ3n) is 6.20. The van der Waals surface area contributed by atoms with Crippen LogP contribution >= 0.6 is 0 Å². The van der Waals surface area contributed by atoms with E-state index in [0.717, 1.165) is 31.2 Å². The predicted molar refractivity (Wildman–Crippen MR) is 131 cm³/mol. The minimum Gasteiger partial charge on any atom is -0.497 e. The van der Waals surface area contributed by atoms with Crippen LogP contribution < -0.4 is 15.0 Å². The van der Waals surface area contributed by atoms with Gasteiger partial charge in [0.05, 0.1) is 13.3 Å². The molecule has 1 aliphatic rings. The van der Waals surface area contributed by atoms with Gasteiger partial charge in [-0.15, -0.1) is 0 Å². The fourth-order valence-electron chi connectivity index (χ4n) is 4.35. The summed E-state index contributed by atoms with van der Waals surface area (Å²) < 4.78 is 5.31. The summed E-state index contributed by atoms with van der Waals surface area (Å²) >= 11 is 0. The first-order valence-corrected chi connectivity index (χ1v) is 11.7. The summed E-state index contributed by atoms with van der Waals surface area (Å²) in [6, 6.07) is 14.0. The Bertz CT molecular complexity index is 1090. The van der Waals surface area contributed by atoms with Gasteiger partial charge in [0.15, 0.2) is 0 Å². The van der Waals surface area contributed by atoms with Crippen LogP contribution in [-0.4, -0.2) is 34.9 Å². The number of methoxy groups -OCH3 is 1. The Labute approximate surface area is 200 Å². The quantitative estimate of drug-likeness (QED) is 0.558. The lowest BCUT2D eigenvalue weighted by molar-refractivity contribution is -0.123. The molecule has 0 spiro atoms. The van der Waals surface area contributed by atoms with Gasteiger partial charge in [-0.25, -0.2) is 4.98 Å². The van der Waals surface area contributed by atoms with Crippen LogP contribution in [0.4, 0.5) is 5.69 Å². The predicted octanol–water partition coefficient (Wildman–Crippen LogP) is 4.63. The average Bonchev–Trinajstić information content (AvgIpc) is 2.89. The van der Waals surface area contributed by atoms with Crippen molar-refractivity contribution >= 4 is 17.5 Å². The molecular weight excluding hydrogens is 428 g/mol. The Balaban J connectivity index is 1.79. The van der Waals surface area contributed by atoms with Gasteiger partial charge in [-0.1, -0.05) is 49.1 Å². The first-order chi connectivity index (χ1) is 16.6. The molecule has 1 heterocycles. The lowest BCUT2D eigenvalue weighted by Gasteiger charge is -2.33. The third kappa shape index (κ3) is 5.42. The van der Waals surface area contributed by atoms with Gasteiger partial charge in [0.1, 0.15) is 17.5 Å². The molecule has 4 rings (SSSR count). The molecule has 1 N–H and O–H groups in total. The highest BCUT2D eigenvalue weighted by atomic mass is 16.5. The van der Waals surface area contributed by atoms with E-state index in [0.29, 0.717) is 17.0 Å². The second-order valence-electron chi connectivity index (χ2n) is 8.62. The first kappa shape index (κ1) is 23.4. The SMILES string of the molecule is COc1ccc(C(C(=O)NC2CCCCC2)N(C(=O)c2cnccn2)c2ccc(C)cc2)cc1. The summed E-state index contributed by atoms with van der Waals surface area (Å²) in [5.41, 5.74) is 2.53. The number of aryl methyl sites for hydroxylation is 1. The molecule has 7 heteroatoms. The van der Waals surface area contributed by atoms with Crippen LogP contribution in [0.15, 0.2) is 67.1 Å². The van der Waals surface area contributed by atoms with Gasteiger partial charge in [-0.2, -0.15) is 0 Å². The summed E-state index contributed by atoms with van der Waals surface area (Å²) in [5, 5.41) is 3.21. The van der Waals surface area contributed by atoms with Crippen molar-refractivity contribution in [2.45, 2.75) is 51.1 Å². The summed E-state index contributed by atoms with van der Waals surface area (Å²) in [4.78, 5) is 37.4. The van der Waals surface area contributed by atoms with E-state index >= 15 is 0 Å². The molecule has 34 heavy (non-hydrogen) atoms. The molecule has 1 saturated carbocycles. The molecule has 2 amide bonds. The number of anilines is 1. The number of hydrogen-bond donors (Lipinski definition) is 1. The van der Waals surface area contributed by atoms with Crippen LogP contribution in [0.3, 0.4) is 0 Å². The lowest BCUT2D eigenvalue weighted by atomic mass is 9.94. The number of nitrogens with zero attached hydrogens (tertiary/aromatic N) is 3. The van der Waals surface area contributed by atoms with E-state index in [1.54, 1.807) is 19.2 Å². The number of amides is 2. The highest BCUT2D eigenvalue weighted by molar-refractivity contribution is 6.09. The van der Waals surface area contributed by atoms with Crippen LogP contribution in [0.25, 0.3) is 0 Å². The van der Waals surface area contributed by atoms with Crippen molar-refractivity contribution < 1.29 is 14.3 Å². The number of aromatic nitrogens is 2. The van der Waals surface area contributed by atoms with Crippen molar-refractivity contribution in [2.24, 2.45) is 0 Å². The molecule has 1 aromatic heterocycles. The van der Waals surface area contributed by atoms with E-state index < -0.39 is 11.9 Å². The van der Waals surface area contributed by atoms with E-state index in [1.807, 2.05) is 43.3 Å². The Morgan fingerprint density at radius 3 is 2.32 bits per heavy atom. The summed E-state index contributed by atoms with van der Waals surface area (Å²) in [7, 11) is 1.60. The van der Waals surface area contributed by atoms with Gasteiger partial charge < -0.3 is 10.1 Å². The van der Waals surface area contributed by atoms with Crippen molar-refractivity contribution in [3.63, 3.8) is 0 Å². The standard InChI is InChI=1S/C27H30N4O3/c1-19-8-12-22(13-9-19)31(27(33)24-18-28-16-17-29-24)25(20-10-14-23(34-2)15-11-20)26(32)30-21-6-4-3-5-7-21/h8-18,21,25H,3-7H2,1-2H3,(H,30,32). The molecule has 1 atom stereocenters. The van der Waals surface area contributed by atoms with Gasteiger partial charge >= 0.3 is 0 Å². The molecule has 1 unspecified atom stereocenters. The second-order valence-corrected chi connectivity index (χ2v) is 8.62. The molecule has 0 radical (unpaired) electrons. The minimum absolute atomic E-state index is 0.105. The molecule has 3 aromatic rings. The fraction of sp³-hybridized carbons (Fsp3) is 0.333. The maximum absolute atomic E-state index is 13.8. The number of carbonyl (C=O) groups is 2. The molecule has 0 bridgehead atoms. The van der Waals surface area contributed by atoms with Gasteiger partial charge in [0, 0.05) is 24.1 Å². The Morgan fingerprint density at radius 1 is 1.00 bits per heavy atom. The van der Waals surface area contributed by atoms with Gasteiger partial charge in [-0.3, -0.25) is 19.5 Å². The van der Waals surface area contributed by atoms with E-state index in [1.165, 1.54) is 29.9 Å². The average molecular weight is 459 g/mol. The van der Waals surface area contributed by atoms with E-state index in [4.69, 9.17) is 4.74 Å². The zero-order chi connectivity index (χ0) is 23.9. The van der Waals surface area contributed by atoms with E-state index in [9.17, 15) is 9.59 Å². The fourth-order valence-corrected chi connectivity index (χ4v) is 4.35. The van der Waals surface area contributed by atoms with Crippen LogP contribution in [0.1, 0.15) is 59.8 Å². The van der Waals surface area contributed by atoms with Crippen LogP contribution in [0.2, 0.25) is 0 Å². The van der Waals surface area contributed by atoms with Crippen LogP contribution in [0, 0.1) is 6.92 Å². The number of rotatable bonds is 7. The molecule has 0 aliphatic heterocycles. The van der Waals surface area contributed by atoms with Crippen molar-refractivity contribution in [2.75, 3.05) is 12.0 Å². The smallest absolute Gasteiger partial charge is 0.279 e. The Hall–Kier alpha value is -3.74. The zero-order valence-electron chi connectivity index (χ0n) is 19.6. The maximum atomic E-state index is 13.8. The molecule has 7 nitrogen and oxygen atoms in total. The summed E-state index contributed by atoms with van der Waals surface area (Å²) in [5.74, 6) is 0.0729. The van der Waals surface area contributed by atoms with Crippen LogP contribution in [-0.2, 0) is 4.79 Å². The number of nitrogens with one attached hydrogen (secondary N) is 1. The number of benzene rings is 2. The summed E-state index contributed by atoms with van der Waals surface area (Å²) in [6.07, 6.45) is 9.70. The second kappa shape index (κ2) is 10.9. The topological polar surface area (TPSA) is 84.4 Å².